The molecule has 0 saturated carbocycles. The van der Waals surface area contributed by atoms with E-state index >= 15 is 0 Å². The van der Waals surface area contributed by atoms with Crippen molar-refractivity contribution in [3.63, 3.8) is 0 Å². The van der Waals surface area contributed by atoms with Crippen LogP contribution in [0.4, 0.5) is 5.69 Å². The van der Waals surface area contributed by atoms with Crippen LogP contribution in [0, 0.1) is 6.92 Å². The van der Waals surface area contributed by atoms with Crippen LogP contribution in [0.2, 0.25) is 0 Å². The number of rotatable bonds is 9. The topological polar surface area (TPSA) is 37.4 Å². The van der Waals surface area contributed by atoms with Crippen molar-refractivity contribution < 1.29 is 9.59 Å². The van der Waals surface area contributed by atoms with Gasteiger partial charge in [0.2, 0.25) is 0 Å². The second kappa shape index (κ2) is 13.5. The molecule has 0 fully saturated rings. The minimum atomic E-state index is 0.0912. The Hall–Kier alpha value is -4.50. The zero-order valence-corrected chi connectivity index (χ0v) is 28.8. The Morgan fingerprint density at radius 2 is 1.43 bits per heavy atom. The Kier molecular flexibility index (Phi) is 8.83. The number of Topliss-reactive ketones (excluding diaryl/α,β-unsaturated/α-hetero) is 2. The number of hydrogen-bond acceptors (Lipinski definition) is 3. The van der Waals surface area contributed by atoms with Crippen LogP contribution in [0.1, 0.15) is 36.3 Å². The number of ketones is 2. The molecule has 5 heteroatoms. The first-order chi connectivity index (χ1) is 22.5. The van der Waals surface area contributed by atoms with Gasteiger partial charge < -0.3 is 0 Å². The summed E-state index contributed by atoms with van der Waals surface area (Å²) in [6, 6.07) is 38.5. The van der Waals surface area contributed by atoms with Crippen molar-refractivity contribution in [2.75, 3.05) is 11.4 Å². The normalized spacial score (nSPS) is 13.8. The van der Waals surface area contributed by atoms with Crippen LogP contribution in [0.3, 0.4) is 0 Å². The summed E-state index contributed by atoms with van der Waals surface area (Å²) in [6.07, 6.45) is 10.9. The predicted octanol–water partition coefficient (Wildman–Crippen LogP) is 7.93. The number of hydrogen-bond donors (Lipinski definition) is 0. The van der Waals surface area contributed by atoms with Crippen molar-refractivity contribution in [1.82, 2.24) is 0 Å². The van der Waals surface area contributed by atoms with E-state index in [9.17, 15) is 9.59 Å². The second-order valence-corrected chi connectivity index (χ2v) is 15.7. The van der Waals surface area contributed by atoms with Gasteiger partial charge in [0, 0.05) is 0 Å². The number of aryl methyl sites for hydroxylation is 1. The van der Waals surface area contributed by atoms with Gasteiger partial charge in [-0.1, -0.05) is 0 Å². The monoisotopic (exact) mass is 729 g/mol. The zero-order chi connectivity index (χ0) is 31.5. The van der Waals surface area contributed by atoms with Crippen molar-refractivity contribution in [3.05, 3.63) is 171 Å². The number of fused-ring (bicyclic) bond motifs is 4. The quantitative estimate of drug-likeness (QED) is 0.0864. The van der Waals surface area contributed by atoms with E-state index in [2.05, 4.69) is 96.8 Å². The van der Waals surface area contributed by atoms with Gasteiger partial charge in [-0.15, -0.1) is 0 Å². The number of carbonyl (C=O) groups excluding carboxylic acids is 2. The molecular weight excluding hydrogens is 696 g/mol. The maximum absolute atomic E-state index is 13.4. The number of allylic oxidation sites excluding steroid dienone is 4. The Bertz CT molecular complexity index is 2180. The van der Waals surface area contributed by atoms with Crippen LogP contribution in [-0.4, -0.2) is 47.6 Å². The van der Waals surface area contributed by atoms with Crippen LogP contribution >= 0.6 is 0 Å². The van der Waals surface area contributed by atoms with Crippen molar-refractivity contribution in [2.45, 2.75) is 13.3 Å². The molecule has 3 nitrogen and oxygen atoms in total. The van der Waals surface area contributed by atoms with Crippen molar-refractivity contribution in [3.8, 4) is 0 Å². The summed E-state index contributed by atoms with van der Waals surface area (Å²) in [5.74, 6) is 0.252. The third-order valence-corrected chi connectivity index (χ3v) is 13.1. The molecule has 7 rings (SSSR count). The van der Waals surface area contributed by atoms with Crippen molar-refractivity contribution in [1.29, 1.82) is 0 Å². The molecule has 224 valence electrons. The molecular formula is C41H31NO2Se2. The molecule has 0 saturated heterocycles. The Morgan fingerprint density at radius 1 is 0.717 bits per heavy atom. The first kappa shape index (κ1) is 30.2. The summed E-state index contributed by atoms with van der Waals surface area (Å²) in [5.41, 5.74) is 4.97. The van der Waals surface area contributed by atoms with Crippen molar-refractivity contribution in [2.24, 2.45) is 0 Å². The average Bonchev–Trinajstić information content (AvgIpc) is 3.62. The van der Waals surface area contributed by atoms with Gasteiger partial charge in [0.25, 0.3) is 0 Å². The number of carbonyl (C=O) groups is 2. The Labute approximate surface area is 281 Å². The molecule has 0 unspecified atom stereocenters. The summed E-state index contributed by atoms with van der Waals surface area (Å²) in [5, 5.41) is 3.71. The average molecular weight is 728 g/mol. The number of nitrogens with zero attached hydrogens (tertiary/aromatic N) is 1. The van der Waals surface area contributed by atoms with Gasteiger partial charge in [-0.3, -0.25) is 0 Å². The van der Waals surface area contributed by atoms with Crippen molar-refractivity contribution >= 4 is 77.7 Å². The van der Waals surface area contributed by atoms with Crippen LogP contribution in [0.15, 0.2) is 144 Å². The van der Waals surface area contributed by atoms with Crippen LogP contribution in [-0.2, 0) is 6.42 Å². The molecule has 0 radical (unpaired) electrons. The SMILES string of the molecule is Cc1ccc2c(c1)[Se]\C(=C/C=C/C=C/c1[se]c3c(ccc4ccccc43)c1CC(=O)c1ccccc1)N2CC(=O)c1ccccc1. The molecule has 0 amide bonds. The van der Waals surface area contributed by atoms with E-state index < -0.39 is 0 Å². The molecule has 1 aliphatic heterocycles. The predicted molar refractivity (Wildman–Crippen MR) is 194 cm³/mol. The van der Waals surface area contributed by atoms with E-state index in [1.807, 2.05) is 60.7 Å². The molecule has 6 aromatic rings. The third-order valence-electron chi connectivity index (χ3n) is 8.14. The first-order valence-electron chi connectivity index (χ1n) is 15.3. The standard InChI is InChI=1S/C41H31NO2Se2/c1-28-21-24-35-39(25-28)45-40(42(35)27-37(44)31-16-7-3-8-17-31)20-10-4-9-19-38-34(26-36(43)30-14-5-2-6-15-30)33-23-22-29-13-11-12-18-32(29)41(33)46-38/h2-25H,26-27H2,1H3/b10-4+,19-9+,40-20-. The summed E-state index contributed by atoms with van der Waals surface area (Å²) in [6.45, 7) is 2.43. The van der Waals surface area contributed by atoms with Gasteiger partial charge in [0.05, 0.1) is 0 Å². The van der Waals surface area contributed by atoms with Gasteiger partial charge in [-0.2, -0.15) is 0 Å². The van der Waals surface area contributed by atoms with E-state index in [0.717, 1.165) is 22.4 Å². The number of benzene rings is 5. The summed E-state index contributed by atoms with van der Waals surface area (Å²) in [7, 11) is 0. The summed E-state index contributed by atoms with van der Waals surface area (Å²) in [4.78, 5) is 28.7. The molecule has 0 atom stereocenters. The molecule has 0 bridgehead atoms. The second-order valence-electron chi connectivity index (χ2n) is 11.3. The maximum atomic E-state index is 13.4. The molecule has 0 spiro atoms. The molecule has 0 aliphatic carbocycles. The Balaban J connectivity index is 1.18. The molecule has 1 aromatic heterocycles. The molecule has 2 heterocycles. The van der Waals surface area contributed by atoms with Gasteiger partial charge in [-0.25, -0.2) is 0 Å². The van der Waals surface area contributed by atoms with E-state index in [-0.39, 0.29) is 41.0 Å². The van der Waals surface area contributed by atoms with Crippen LogP contribution in [0.5, 0.6) is 0 Å². The zero-order valence-electron chi connectivity index (χ0n) is 25.4. The fraction of sp³-hybridized carbons (Fsp3) is 0.0732. The third kappa shape index (κ3) is 6.29. The fourth-order valence-corrected chi connectivity index (χ4v) is 10.9. The summed E-state index contributed by atoms with van der Waals surface area (Å²) < 4.78 is 5.07. The summed E-state index contributed by atoms with van der Waals surface area (Å²) >= 11 is 0.200. The van der Waals surface area contributed by atoms with E-state index in [0.29, 0.717) is 13.0 Å². The minimum absolute atomic E-state index is 0.0912. The van der Waals surface area contributed by atoms with E-state index in [1.165, 1.54) is 39.5 Å². The first-order valence-corrected chi connectivity index (χ1v) is 18.7. The molecule has 46 heavy (non-hydrogen) atoms. The van der Waals surface area contributed by atoms with Crippen LogP contribution in [0.25, 0.3) is 26.5 Å². The molecule has 0 N–H and O–H groups in total. The van der Waals surface area contributed by atoms with E-state index in [4.69, 9.17) is 0 Å². The van der Waals surface area contributed by atoms with E-state index in [1.54, 1.807) is 0 Å². The fourth-order valence-electron chi connectivity index (χ4n) is 5.80. The number of anilines is 1. The molecule has 5 aromatic carbocycles. The van der Waals surface area contributed by atoms with Crippen LogP contribution < -0.4 is 9.36 Å². The van der Waals surface area contributed by atoms with Gasteiger partial charge in [0.15, 0.2) is 0 Å². The van der Waals surface area contributed by atoms with Gasteiger partial charge in [0.1, 0.15) is 0 Å². The Morgan fingerprint density at radius 3 is 2.22 bits per heavy atom. The van der Waals surface area contributed by atoms with Gasteiger partial charge in [-0.05, 0) is 0 Å². The van der Waals surface area contributed by atoms with Gasteiger partial charge >= 0.3 is 283 Å². The molecule has 1 aliphatic rings.